The number of ether oxygens (including phenoxy) is 1. The molecule has 26 heavy (non-hydrogen) atoms. The molecule has 0 unspecified atom stereocenters. The Morgan fingerprint density at radius 1 is 1.23 bits per heavy atom. The predicted octanol–water partition coefficient (Wildman–Crippen LogP) is 2.38. The van der Waals surface area contributed by atoms with Gasteiger partial charge in [0.1, 0.15) is 5.56 Å². The number of anilines is 1. The molecule has 0 radical (unpaired) electrons. The number of carbonyl (C=O) groups is 1. The van der Waals surface area contributed by atoms with Crippen LogP contribution in [0.15, 0.2) is 6.20 Å². The van der Waals surface area contributed by atoms with Crippen LogP contribution in [-0.4, -0.2) is 65.0 Å². The van der Waals surface area contributed by atoms with Crippen molar-refractivity contribution in [3.8, 4) is 0 Å². The molecular weight excluding hydrogens is 330 g/mol. The average Bonchev–Trinajstić information content (AvgIpc) is 2.78. The van der Waals surface area contributed by atoms with E-state index in [9.17, 15) is 4.79 Å². The van der Waals surface area contributed by atoms with E-state index in [2.05, 4.69) is 26.8 Å². The monoisotopic (exact) mass is 359 g/mol. The van der Waals surface area contributed by atoms with E-state index in [0.717, 1.165) is 68.0 Å². The van der Waals surface area contributed by atoms with Gasteiger partial charge in [-0.15, -0.1) is 0 Å². The minimum atomic E-state index is -0.310. The SMILES string of the molecule is CCCN1CCCN(c2c(C(=O)OCC)cnc3c2c(C)nn3C)CC1. The fraction of sp³-hybridized carbons (Fsp3) is 0.632. The highest BCUT2D eigenvalue weighted by atomic mass is 16.5. The van der Waals surface area contributed by atoms with E-state index in [-0.39, 0.29) is 5.97 Å². The lowest BCUT2D eigenvalue weighted by atomic mass is 10.1. The van der Waals surface area contributed by atoms with Crippen molar-refractivity contribution >= 4 is 22.7 Å². The van der Waals surface area contributed by atoms with Gasteiger partial charge in [0, 0.05) is 32.9 Å². The fourth-order valence-corrected chi connectivity index (χ4v) is 3.81. The van der Waals surface area contributed by atoms with Crippen LogP contribution in [0.1, 0.15) is 42.7 Å². The van der Waals surface area contributed by atoms with Crippen LogP contribution >= 0.6 is 0 Å². The van der Waals surface area contributed by atoms with Gasteiger partial charge in [-0.05, 0) is 39.8 Å². The van der Waals surface area contributed by atoms with Crippen LogP contribution in [-0.2, 0) is 11.8 Å². The van der Waals surface area contributed by atoms with Crippen molar-refractivity contribution in [1.29, 1.82) is 0 Å². The lowest BCUT2D eigenvalue weighted by Crippen LogP contribution is -2.32. The summed E-state index contributed by atoms with van der Waals surface area (Å²) in [6, 6.07) is 0. The molecule has 0 saturated carbocycles. The number of aromatic nitrogens is 3. The van der Waals surface area contributed by atoms with Gasteiger partial charge in [0.15, 0.2) is 5.65 Å². The minimum Gasteiger partial charge on any atom is -0.462 e. The molecule has 7 heteroatoms. The second-order valence-corrected chi connectivity index (χ2v) is 6.83. The molecule has 7 nitrogen and oxygen atoms in total. The van der Waals surface area contributed by atoms with Gasteiger partial charge in [0.25, 0.3) is 0 Å². The lowest BCUT2D eigenvalue weighted by molar-refractivity contribution is 0.0527. The number of hydrogen-bond acceptors (Lipinski definition) is 6. The van der Waals surface area contributed by atoms with Crippen molar-refractivity contribution in [2.75, 3.05) is 44.2 Å². The summed E-state index contributed by atoms with van der Waals surface area (Å²) in [7, 11) is 1.89. The quantitative estimate of drug-likeness (QED) is 0.764. The topological polar surface area (TPSA) is 63.5 Å². The van der Waals surface area contributed by atoms with Crippen LogP contribution < -0.4 is 4.90 Å². The number of rotatable bonds is 5. The molecule has 0 N–H and O–H groups in total. The number of pyridine rings is 1. The number of hydrogen-bond donors (Lipinski definition) is 0. The van der Waals surface area contributed by atoms with Gasteiger partial charge in [-0.1, -0.05) is 6.92 Å². The van der Waals surface area contributed by atoms with E-state index in [4.69, 9.17) is 4.74 Å². The molecular formula is C19H29N5O2. The molecule has 0 aromatic carbocycles. The Hall–Kier alpha value is -2.15. The number of aryl methyl sites for hydroxylation is 2. The molecule has 1 saturated heterocycles. The standard InChI is InChI=1S/C19H29N5O2/c1-5-8-23-9-7-10-24(12-11-23)17-15(19(25)26-6-2)13-20-18-16(17)14(3)21-22(18)4/h13H,5-12H2,1-4H3. The van der Waals surface area contributed by atoms with Gasteiger partial charge in [-0.3, -0.25) is 4.68 Å². The van der Waals surface area contributed by atoms with Gasteiger partial charge in [-0.25, -0.2) is 9.78 Å². The van der Waals surface area contributed by atoms with Crippen molar-refractivity contribution < 1.29 is 9.53 Å². The van der Waals surface area contributed by atoms with Crippen molar-refractivity contribution in [3.05, 3.63) is 17.5 Å². The fourth-order valence-electron chi connectivity index (χ4n) is 3.81. The van der Waals surface area contributed by atoms with Gasteiger partial charge in [0.05, 0.1) is 23.4 Å². The van der Waals surface area contributed by atoms with E-state index in [0.29, 0.717) is 12.2 Å². The largest absolute Gasteiger partial charge is 0.462 e. The maximum absolute atomic E-state index is 12.6. The van der Waals surface area contributed by atoms with E-state index in [1.54, 1.807) is 10.9 Å². The van der Waals surface area contributed by atoms with Crippen LogP contribution in [0.4, 0.5) is 5.69 Å². The summed E-state index contributed by atoms with van der Waals surface area (Å²) in [5, 5.41) is 5.49. The zero-order chi connectivity index (χ0) is 18.7. The summed E-state index contributed by atoms with van der Waals surface area (Å²) < 4.78 is 7.08. The van der Waals surface area contributed by atoms with Crippen LogP contribution in [0.25, 0.3) is 11.0 Å². The minimum absolute atomic E-state index is 0.310. The molecule has 0 bridgehead atoms. The summed E-state index contributed by atoms with van der Waals surface area (Å²) in [5.74, 6) is -0.310. The predicted molar refractivity (Wildman–Crippen MR) is 103 cm³/mol. The Morgan fingerprint density at radius 3 is 2.77 bits per heavy atom. The molecule has 0 atom stereocenters. The first-order chi connectivity index (χ1) is 12.6. The Morgan fingerprint density at radius 2 is 2.04 bits per heavy atom. The Labute approximate surface area is 154 Å². The Kier molecular flexibility index (Phi) is 5.76. The third kappa shape index (κ3) is 3.53. The molecule has 142 valence electrons. The van der Waals surface area contributed by atoms with Gasteiger partial charge >= 0.3 is 5.97 Å². The molecule has 0 spiro atoms. The molecule has 0 aliphatic carbocycles. The highest BCUT2D eigenvalue weighted by Gasteiger charge is 2.26. The maximum atomic E-state index is 12.6. The van der Waals surface area contributed by atoms with Crippen LogP contribution in [0, 0.1) is 6.92 Å². The van der Waals surface area contributed by atoms with Crippen LogP contribution in [0.3, 0.4) is 0 Å². The van der Waals surface area contributed by atoms with E-state index in [1.807, 2.05) is 20.9 Å². The van der Waals surface area contributed by atoms with E-state index < -0.39 is 0 Å². The first kappa shape index (κ1) is 18.6. The number of nitrogens with zero attached hydrogens (tertiary/aromatic N) is 5. The molecule has 1 aliphatic heterocycles. The summed E-state index contributed by atoms with van der Waals surface area (Å²) in [4.78, 5) is 21.9. The molecule has 3 heterocycles. The van der Waals surface area contributed by atoms with Crippen LogP contribution in [0.2, 0.25) is 0 Å². The third-order valence-electron chi connectivity index (χ3n) is 4.94. The normalized spacial score (nSPS) is 16.1. The highest BCUT2D eigenvalue weighted by Crippen LogP contribution is 2.33. The number of fused-ring (bicyclic) bond motifs is 1. The Balaban J connectivity index is 2.06. The first-order valence-corrected chi connectivity index (χ1v) is 9.53. The molecule has 2 aromatic rings. The van der Waals surface area contributed by atoms with Crippen molar-refractivity contribution in [1.82, 2.24) is 19.7 Å². The first-order valence-electron chi connectivity index (χ1n) is 9.53. The van der Waals surface area contributed by atoms with Crippen molar-refractivity contribution in [2.45, 2.75) is 33.6 Å². The summed E-state index contributed by atoms with van der Waals surface area (Å²) in [5.41, 5.74) is 3.17. The number of carbonyl (C=O) groups excluding carboxylic acids is 1. The molecule has 1 fully saturated rings. The van der Waals surface area contributed by atoms with Crippen molar-refractivity contribution in [3.63, 3.8) is 0 Å². The summed E-state index contributed by atoms with van der Waals surface area (Å²) in [6.07, 6.45) is 3.88. The molecule has 0 amide bonds. The summed E-state index contributed by atoms with van der Waals surface area (Å²) in [6.45, 7) is 11.4. The van der Waals surface area contributed by atoms with Crippen molar-refractivity contribution in [2.24, 2.45) is 7.05 Å². The zero-order valence-electron chi connectivity index (χ0n) is 16.3. The van der Waals surface area contributed by atoms with Gasteiger partial charge in [0.2, 0.25) is 0 Å². The zero-order valence-corrected chi connectivity index (χ0v) is 16.3. The second-order valence-electron chi connectivity index (χ2n) is 6.83. The maximum Gasteiger partial charge on any atom is 0.341 e. The smallest absolute Gasteiger partial charge is 0.341 e. The lowest BCUT2D eigenvalue weighted by Gasteiger charge is -2.26. The Bertz CT molecular complexity index is 786. The molecule has 3 rings (SSSR count). The highest BCUT2D eigenvalue weighted by molar-refractivity contribution is 6.05. The third-order valence-corrected chi connectivity index (χ3v) is 4.94. The average molecular weight is 359 g/mol. The second kappa shape index (κ2) is 8.03. The summed E-state index contributed by atoms with van der Waals surface area (Å²) >= 11 is 0. The van der Waals surface area contributed by atoms with E-state index >= 15 is 0 Å². The van der Waals surface area contributed by atoms with Gasteiger partial charge in [-0.2, -0.15) is 5.10 Å². The van der Waals surface area contributed by atoms with Crippen LogP contribution in [0.5, 0.6) is 0 Å². The number of esters is 1. The van der Waals surface area contributed by atoms with Gasteiger partial charge < -0.3 is 14.5 Å². The molecule has 1 aliphatic rings. The molecule has 2 aromatic heterocycles. The van der Waals surface area contributed by atoms with E-state index in [1.165, 1.54) is 0 Å².